The molecule has 7 nitrogen and oxygen atoms in total. The summed E-state index contributed by atoms with van der Waals surface area (Å²) >= 11 is 0.840. The number of hydrogen-bond donors (Lipinski definition) is 1. The van der Waals surface area contributed by atoms with Crippen LogP contribution in [-0.2, 0) is 14.3 Å². The summed E-state index contributed by atoms with van der Waals surface area (Å²) in [6.45, 7) is 2.73. The number of nitrogens with one attached hydrogen (secondary N) is 1. The summed E-state index contributed by atoms with van der Waals surface area (Å²) in [7, 11) is 1.59. The number of thioether (sulfide) groups is 1. The van der Waals surface area contributed by atoms with Gasteiger partial charge in [-0.1, -0.05) is 6.07 Å². The van der Waals surface area contributed by atoms with E-state index < -0.39 is 11.1 Å². The van der Waals surface area contributed by atoms with E-state index in [1.165, 1.54) is 0 Å². The number of carbonyl (C=O) groups is 3. The van der Waals surface area contributed by atoms with Gasteiger partial charge in [-0.25, -0.2) is 0 Å². The van der Waals surface area contributed by atoms with Crippen molar-refractivity contribution in [2.24, 2.45) is 0 Å². The zero-order valence-electron chi connectivity index (χ0n) is 15.3. The summed E-state index contributed by atoms with van der Waals surface area (Å²) < 4.78 is 10.7. The first-order chi connectivity index (χ1) is 13.0. The predicted octanol–water partition coefficient (Wildman–Crippen LogP) is 2.34. The molecule has 0 saturated carbocycles. The van der Waals surface area contributed by atoms with Gasteiger partial charge in [0.15, 0.2) is 0 Å². The SMILES string of the molecule is COc1ccc(/C=C2\SC(=O)N(CC(=O)NC[C@@H]3CCCO3)C2=O)cc1C. The third kappa shape index (κ3) is 4.70. The lowest BCUT2D eigenvalue weighted by atomic mass is 10.1. The molecule has 0 unspecified atom stereocenters. The number of ether oxygens (including phenoxy) is 2. The second-order valence-corrected chi connectivity index (χ2v) is 7.43. The van der Waals surface area contributed by atoms with E-state index in [2.05, 4.69) is 5.32 Å². The summed E-state index contributed by atoms with van der Waals surface area (Å²) in [6.07, 6.45) is 3.56. The monoisotopic (exact) mass is 390 g/mol. The predicted molar refractivity (Wildman–Crippen MR) is 102 cm³/mol. The first-order valence-electron chi connectivity index (χ1n) is 8.76. The normalized spacial score (nSPS) is 21.2. The molecule has 3 amide bonds. The lowest BCUT2D eigenvalue weighted by Gasteiger charge is -2.14. The molecule has 27 heavy (non-hydrogen) atoms. The molecule has 0 spiro atoms. The molecule has 2 fully saturated rings. The lowest BCUT2D eigenvalue weighted by molar-refractivity contribution is -0.129. The fourth-order valence-corrected chi connectivity index (χ4v) is 3.85. The zero-order valence-corrected chi connectivity index (χ0v) is 16.1. The Kier molecular flexibility index (Phi) is 6.18. The number of hydrogen-bond acceptors (Lipinski definition) is 6. The Morgan fingerprint density at radius 1 is 1.44 bits per heavy atom. The number of aryl methyl sites for hydroxylation is 1. The molecule has 1 atom stereocenters. The highest BCUT2D eigenvalue weighted by Crippen LogP contribution is 2.32. The molecule has 1 aromatic rings. The minimum atomic E-state index is -0.453. The molecular weight excluding hydrogens is 368 g/mol. The van der Waals surface area contributed by atoms with Crippen LogP contribution in [0.1, 0.15) is 24.0 Å². The number of rotatable bonds is 6. The van der Waals surface area contributed by atoms with Crippen molar-refractivity contribution in [2.75, 3.05) is 26.8 Å². The smallest absolute Gasteiger partial charge is 0.294 e. The molecule has 2 aliphatic heterocycles. The Morgan fingerprint density at radius 2 is 2.26 bits per heavy atom. The van der Waals surface area contributed by atoms with E-state index in [4.69, 9.17) is 9.47 Å². The molecule has 8 heteroatoms. The Morgan fingerprint density at radius 3 is 2.93 bits per heavy atom. The first-order valence-corrected chi connectivity index (χ1v) is 9.58. The topological polar surface area (TPSA) is 84.9 Å². The van der Waals surface area contributed by atoms with Crippen LogP contribution in [0.2, 0.25) is 0 Å². The second kappa shape index (κ2) is 8.58. The summed E-state index contributed by atoms with van der Waals surface area (Å²) in [5, 5.41) is 2.28. The minimum Gasteiger partial charge on any atom is -0.496 e. The molecule has 1 aromatic carbocycles. The Bertz CT molecular complexity index is 786. The fourth-order valence-electron chi connectivity index (χ4n) is 3.01. The number of imide groups is 1. The Labute approximate surface area is 162 Å². The quantitative estimate of drug-likeness (QED) is 0.751. The molecule has 0 aliphatic carbocycles. The Hall–Kier alpha value is -2.32. The van der Waals surface area contributed by atoms with Crippen LogP contribution >= 0.6 is 11.8 Å². The van der Waals surface area contributed by atoms with Crippen LogP contribution in [-0.4, -0.2) is 54.9 Å². The maximum absolute atomic E-state index is 12.5. The van der Waals surface area contributed by atoms with Crippen molar-refractivity contribution in [1.29, 1.82) is 0 Å². The summed E-state index contributed by atoms with van der Waals surface area (Å²) in [4.78, 5) is 38.0. The summed E-state index contributed by atoms with van der Waals surface area (Å²) in [5.41, 5.74) is 1.72. The van der Waals surface area contributed by atoms with Crippen LogP contribution in [0.4, 0.5) is 4.79 Å². The molecule has 3 rings (SSSR count). The van der Waals surface area contributed by atoms with Crippen LogP contribution in [0, 0.1) is 6.92 Å². The van der Waals surface area contributed by atoms with Crippen LogP contribution in [0.25, 0.3) is 6.08 Å². The van der Waals surface area contributed by atoms with Gasteiger partial charge in [-0.15, -0.1) is 0 Å². The van der Waals surface area contributed by atoms with Crippen molar-refractivity contribution in [2.45, 2.75) is 25.9 Å². The molecule has 2 saturated heterocycles. The van der Waals surface area contributed by atoms with Gasteiger partial charge in [-0.05, 0) is 60.9 Å². The first kappa shape index (κ1) is 19.4. The molecule has 1 N–H and O–H groups in total. The van der Waals surface area contributed by atoms with Gasteiger partial charge in [0.25, 0.3) is 11.1 Å². The number of amides is 3. The number of methoxy groups -OCH3 is 1. The molecule has 0 bridgehead atoms. The largest absolute Gasteiger partial charge is 0.496 e. The van der Waals surface area contributed by atoms with Gasteiger partial charge < -0.3 is 14.8 Å². The fraction of sp³-hybridized carbons (Fsp3) is 0.421. The van der Waals surface area contributed by atoms with Gasteiger partial charge in [0.05, 0.1) is 18.1 Å². The van der Waals surface area contributed by atoms with Gasteiger partial charge in [0.2, 0.25) is 5.91 Å². The summed E-state index contributed by atoms with van der Waals surface area (Å²) in [6, 6.07) is 5.50. The van der Waals surface area contributed by atoms with E-state index in [9.17, 15) is 14.4 Å². The van der Waals surface area contributed by atoms with Crippen LogP contribution in [0.5, 0.6) is 5.75 Å². The molecule has 144 valence electrons. The third-order valence-electron chi connectivity index (χ3n) is 4.44. The lowest BCUT2D eigenvalue weighted by Crippen LogP contribution is -2.41. The van der Waals surface area contributed by atoms with E-state index in [1.54, 1.807) is 13.2 Å². The molecule has 0 aromatic heterocycles. The van der Waals surface area contributed by atoms with E-state index >= 15 is 0 Å². The van der Waals surface area contributed by atoms with Crippen LogP contribution in [0.3, 0.4) is 0 Å². The van der Waals surface area contributed by atoms with Crippen molar-refractivity contribution < 1.29 is 23.9 Å². The van der Waals surface area contributed by atoms with Crippen molar-refractivity contribution in [1.82, 2.24) is 10.2 Å². The Balaban J connectivity index is 1.62. The number of carbonyl (C=O) groups excluding carboxylic acids is 3. The molecule has 2 aliphatic rings. The number of benzene rings is 1. The van der Waals surface area contributed by atoms with Gasteiger partial charge >= 0.3 is 0 Å². The average Bonchev–Trinajstić information content (AvgIpc) is 3.24. The number of nitrogens with zero attached hydrogens (tertiary/aromatic N) is 1. The van der Waals surface area contributed by atoms with Crippen LogP contribution in [0.15, 0.2) is 23.1 Å². The van der Waals surface area contributed by atoms with Gasteiger partial charge in [0, 0.05) is 13.2 Å². The van der Waals surface area contributed by atoms with Gasteiger partial charge in [0.1, 0.15) is 12.3 Å². The van der Waals surface area contributed by atoms with E-state index in [0.717, 1.165) is 46.4 Å². The van der Waals surface area contributed by atoms with E-state index in [-0.39, 0.29) is 18.6 Å². The van der Waals surface area contributed by atoms with Crippen molar-refractivity contribution in [3.63, 3.8) is 0 Å². The maximum Gasteiger partial charge on any atom is 0.294 e. The standard InChI is InChI=1S/C19H22N2O5S/c1-12-8-13(5-6-15(12)25-2)9-16-18(23)21(19(24)27-16)11-17(22)20-10-14-4-3-7-26-14/h5-6,8-9,14H,3-4,7,10-11H2,1-2H3,(H,20,22)/b16-9-/t14-/m0/s1. The highest BCUT2D eigenvalue weighted by molar-refractivity contribution is 8.18. The highest BCUT2D eigenvalue weighted by Gasteiger charge is 2.36. The van der Waals surface area contributed by atoms with Crippen LogP contribution < -0.4 is 10.1 Å². The van der Waals surface area contributed by atoms with E-state index in [0.29, 0.717) is 18.1 Å². The molecular formula is C19H22N2O5S. The third-order valence-corrected chi connectivity index (χ3v) is 5.35. The highest BCUT2D eigenvalue weighted by atomic mass is 32.2. The van der Waals surface area contributed by atoms with Gasteiger partial charge in [-0.3, -0.25) is 19.3 Å². The van der Waals surface area contributed by atoms with E-state index in [1.807, 2.05) is 25.1 Å². The van der Waals surface area contributed by atoms with Gasteiger partial charge in [-0.2, -0.15) is 0 Å². The van der Waals surface area contributed by atoms with Crippen molar-refractivity contribution in [3.05, 3.63) is 34.2 Å². The van der Waals surface area contributed by atoms with Crippen molar-refractivity contribution in [3.8, 4) is 5.75 Å². The average molecular weight is 390 g/mol. The van der Waals surface area contributed by atoms with Crippen molar-refractivity contribution >= 4 is 34.9 Å². The summed E-state index contributed by atoms with van der Waals surface area (Å²) in [5.74, 6) is -0.0664. The minimum absolute atomic E-state index is 0.0158. The molecule has 2 heterocycles. The maximum atomic E-state index is 12.5. The second-order valence-electron chi connectivity index (χ2n) is 6.44. The zero-order chi connectivity index (χ0) is 19.4. The molecule has 0 radical (unpaired) electrons.